The van der Waals surface area contributed by atoms with E-state index in [0.29, 0.717) is 22.3 Å². The third-order valence-corrected chi connectivity index (χ3v) is 28.6. The van der Waals surface area contributed by atoms with Crippen LogP contribution in [-0.2, 0) is 20.4 Å². The third kappa shape index (κ3) is 5.64. The molecular weight excluding hydrogens is 789 g/mol. The van der Waals surface area contributed by atoms with E-state index in [1.807, 2.05) is 13.8 Å². The van der Waals surface area contributed by atoms with Gasteiger partial charge in [0.2, 0.25) is 0 Å². The molecule has 48 heavy (non-hydrogen) atoms. The fourth-order valence-corrected chi connectivity index (χ4v) is 27.5. The molecule has 2 aliphatic rings. The van der Waals surface area contributed by atoms with Crippen LogP contribution in [0.25, 0.3) is 34.4 Å². The zero-order valence-corrected chi connectivity index (χ0v) is 30.3. The number of hydrogen-bond donors (Lipinski definition) is 0. The van der Waals surface area contributed by atoms with Gasteiger partial charge >= 0.3 is 266 Å². The number of benzene rings is 4. The Balaban J connectivity index is 0.00000260. The molecule has 4 aromatic carbocycles. The minimum atomic E-state index is -2.97. The summed E-state index contributed by atoms with van der Waals surface area (Å²) in [5.74, 6) is -20.4. The van der Waals surface area contributed by atoms with Crippen molar-refractivity contribution in [3.05, 3.63) is 128 Å². The van der Waals surface area contributed by atoms with Gasteiger partial charge in [-0.25, -0.2) is 0 Å². The average molecular weight is 811 g/mol. The van der Waals surface area contributed by atoms with Gasteiger partial charge in [-0.15, -0.1) is 0 Å². The number of halogens is 12. The molecule has 0 aromatic heterocycles. The molecule has 0 saturated heterocycles. The van der Waals surface area contributed by atoms with Crippen LogP contribution in [0.15, 0.2) is 47.5 Å². The quantitative estimate of drug-likeness (QED) is 0.119. The zero-order chi connectivity index (χ0) is 33.5. The smallest absolute Gasteiger partial charge is 1.00 e. The number of allylic oxidation sites excluding steroid dienone is 2. The molecule has 2 atom stereocenters. The molecule has 0 fully saturated rings. The second kappa shape index (κ2) is 13.9. The van der Waals surface area contributed by atoms with Crippen molar-refractivity contribution in [2.24, 2.45) is 0 Å². The summed E-state index contributed by atoms with van der Waals surface area (Å²) in [6.07, 6.45) is 3.41. The fourth-order valence-electron chi connectivity index (χ4n) is 6.79. The number of fused-ring (bicyclic) bond motifs is 2. The maximum absolute atomic E-state index is 15.0. The monoisotopic (exact) mass is 808 g/mol. The van der Waals surface area contributed by atoms with Crippen molar-refractivity contribution < 1.29 is 89.1 Å². The van der Waals surface area contributed by atoms with E-state index in [1.54, 1.807) is 24.3 Å². The SMILES string of the molecule is CC1=Cc2c(-c3c(F)c(F)c(F)c(F)c3F)cccc2[CH]1[Zr+2]([CH]1C(C)=Cc2c(-c3c(F)c(F)c(F)c(F)c3F)cccc21)=[Si](C)C.[Cl-].[Cl-]. The van der Waals surface area contributed by atoms with E-state index < -0.39 is 95.1 Å². The van der Waals surface area contributed by atoms with E-state index in [9.17, 15) is 43.9 Å². The van der Waals surface area contributed by atoms with Gasteiger partial charge in [-0.05, 0) is 0 Å². The summed E-state index contributed by atoms with van der Waals surface area (Å²) in [6.45, 7) is 7.94. The summed E-state index contributed by atoms with van der Waals surface area (Å²) in [7, 11) is 0. The maximum Gasteiger partial charge on any atom is -1.00 e. The van der Waals surface area contributed by atoms with Crippen molar-refractivity contribution in [2.45, 2.75) is 34.2 Å². The minimum absolute atomic E-state index is 0. The van der Waals surface area contributed by atoms with Gasteiger partial charge in [-0.2, -0.15) is 0 Å². The van der Waals surface area contributed by atoms with Crippen LogP contribution in [0.4, 0.5) is 43.9 Å². The predicted molar refractivity (Wildman–Crippen MR) is 154 cm³/mol. The first-order chi connectivity index (χ1) is 21.7. The van der Waals surface area contributed by atoms with Crippen molar-refractivity contribution in [3.8, 4) is 22.3 Å². The molecule has 0 spiro atoms. The zero-order valence-electron chi connectivity index (χ0n) is 25.3. The van der Waals surface area contributed by atoms with Crippen molar-refractivity contribution in [1.82, 2.24) is 0 Å². The Bertz CT molecular complexity index is 1920. The molecule has 14 heteroatoms. The van der Waals surface area contributed by atoms with Crippen LogP contribution >= 0.6 is 0 Å². The van der Waals surface area contributed by atoms with E-state index in [-0.39, 0.29) is 43.2 Å². The van der Waals surface area contributed by atoms with Crippen LogP contribution in [0.3, 0.4) is 0 Å². The Morgan fingerprint density at radius 1 is 0.479 bits per heavy atom. The van der Waals surface area contributed by atoms with Crippen LogP contribution in [0.1, 0.15) is 43.4 Å². The third-order valence-electron chi connectivity index (χ3n) is 8.71. The summed E-state index contributed by atoms with van der Waals surface area (Å²) < 4.78 is 144. The molecular formula is C34H22Cl2F10SiZr. The van der Waals surface area contributed by atoms with E-state index in [2.05, 4.69) is 13.1 Å². The van der Waals surface area contributed by atoms with Gasteiger partial charge in [-0.1, -0.05) is 0 Å². The summed E-state index contributed by atoms with van der Waals surface area (Å²) in [4.78, 5) is 0. The molecule has 0 N–H and O–H groups in total. The van der Waals surface area contributed by atoms with Crippen LogP contribution in [0.2, 0.25) is 13.1 Å². The van der Waals surface area contributed by atoms with E-state index in [0.717, 1.165) is 11.1 Å². The molecule has 6 rings (SSSR count). The van der Waals surface area contributed by atoms with Gasteiger partial charge in [0.05, 0.1) is 0 Å². The Morgan fingerprint density at radius 3 is 1.06 bits per heavy atom. The van der Waals surface area contributed by atoms with Gasteiger partial charge in [-0.3, -0.25) is 0 Å². The van der Waals surface area contributed by atoms with Gasteiger partial charge in [0.15, 0.2) is 0 Å². The van der Waals surface area contributed by atoms with Gasteiger partial charge in [0, 0.05) is 0 Å². The number of hydrogen-bond acceptors (Lipinski definition) is 0. The van der Waals surface area contributed by atoms with Crippen molar-refractivity contribution in [2.75, 3.05) is 0 Å². The predicted octanol–water partition coefficient (Wildman–Crippen LogP) is 4.91. The standard InChI is InChI=1S/2C16H8F5.C2H6Si.2ClH.Zr/c2*1-7-5-8-3-2-4-9(10(8)6-7)11-12(17)14(19)16(21)15(20)13(11)18;1-3-2;;;/h2*2-6H,1H3;1-2H3;2*1H;/q;;;;;+2/p-2. The average Bonchev–Trinajstić information content (AvgIpc) is 3.54. The van der Waals surface area contributed by atoms with E-state index in [1.165, 1.54) is 24.3 Å². The van der Waals surface area contributed by atoms with Gasteiger partial charge in [0.1, 0.15) is 0 Å². The maximum atomic E-state index is 15.0. The Hall–Kier alpha value is -2.66. The second-order valence-corrected chi connectivity index (χ2v) is 29.5. The second-order valence-electron chi connectivity index (χ2n) is 11.6. The van der Waals surface area contributed by atoms with Gasteiger partial charge in [0.25, 0.3) is 0 Å². The summed E-state index contributed by atoms with van der Waals surface area (Å²) in [5, 5.41) is 0. The van der Waals surface area contributed by atoms with Crippen molar-refractivity contribution >= 4 is 17.6 Å². The van der Waals surface area contributed by atoms with Crippen LogP contribution in [-0.4, -0.2) is 5.43 Å². The van der Waals surface area contributed by atoms with Gasteiger partial charge < -0.3 is 24.8 Å². The van der Waals surface area contributed by atoms with Crippen LogP contribution in [0.5, 0.6) is 0 Å². The van der Waals surface area contributed by atoms with Crippen molar-refractivity contribution in [1.29, 1.82) is 0 Å². The molecule has 4 aromatic rings. The Morgan fingerprint density at radius 2 is 0.771 bits per heavy atom. The largest absolute Gasteiger partial charge is 1.00 e. The first-order valence-electron chi connectivity index (χ1n) is 14.0. The molecule has 2 aliphatic carbocycles. The molecule has 0 nitrogen and oxygen atoms in total. The summed E-state index contributed by atoms with van der Waals surface area (Å²) >= 11 is -2.97. The summed E-state index contributed by atoms with van der Waals surface area (Å²) in [6, 6.07) is 9.18. The molecule has 0 saturated carbocycles. The summed E-state index contributed by atoms with van der Waals surface area (Å²) in [5.41, 5.74) is 0.351. The molecule has 0 amide bonds. The number of rotatable bonds is 4. The molecule has 0 heterocycles. The Labute approximate surface area is 289 Å². The van der Waals surface area contributed by atoms with Crippen LogP contribution in [0, 0.1) is 58.2 Å². The first-order valence-corrected chi connectivity index (χ1v) is 23.0. The molecule has 0 aliphatic heterocycles. The molecule has 2 unspecified atom stereocenters. The molecule has 0 bridgehead atoms. The fraction of sp³-hybridized carbons (Fsp3) is 0.176. The van der Waals surface area contributed by atoms with Crippen molar-refractivity contribution in [3.63, 3.8) is 0 Å². The Kier molecular flexibility index (Phi) is 11.1. The molecule has 250 valence electrons. The molecule has 0 radical (unpaired) electrons. The normalized spacial score (nSPS) is 15.9. The van der Waals surface area contributed by atoms with E-state index in [4.69, 9.17) is 0 Å². The first kappa shape index (κ1) is 38.1. The minimum Gasteiger partial charge on any atom is -1.00 e. The van der Waals surface area contributed by atoms with E-state index >= 15 is 0 Å². The topological polar surface area (TPSA) is 0 Å². The van der Waals surface area contributed by atoms with Crippen LogP contribution < -0.4 is 24.8 Å².